The standard InChI is InChI=1S/C12H15BrFNO3/c1-8(6-17-2)15-12(16)7-18-9-3-4-10(13)11(14)5-9/h3-5,8H,6-7H2,1-2H3,(H,15,16). The van der Waals surface area contributed by atoms with Crippen LogP contribution in [0, 0.1) is 5.82 Å². The third-order valence-corrected chi connectivity index (χ3v) is 2.73. The molecule has 4 nitrogen and oxygen atoms in total. The van der Waals surface area contributed by atoms with Crippen molar-refractivity contribution in [1.29, 1.82) is 0 Å². The van der Waals surface area contributed by atoms with Gasteiger partial charge in [0.05, 0.1) is 11.1 Å². The first-order valence-corrected chi connectivity index (χ1v) is 6.18. The predicted octanol–water partition coefficient (Wildman–Crippen LogP) is 2.12. The van der Waals surface area contributed by atoms with E-state index >= 15 is 0 Å². The Morgan fingerprint density at radius 2 is 2.28 bits per heavy atom. The molecule has 0 spiro atoms. The number of nitrogens with one attached hydrogen (secondary N) is 1. The van der Waals surface area contributed by atoms with Gasteiger partial charge in [-0.25, -0.2) is 4.39 Å². The van der Waals surface area contributed by atoms with E-state index in [2.05, 4.69) is 21.2 Å². The molecule has 6 heteroatoms. The van der Waals surface area contributed by atoms with E-state index in [9.17, 15) is 9.18 Å². The first-order valence-electron chi connectivity index (χ1n) is 5.39. The second kappa shape index (κ2) is 7.33. The van der Waals surface area contributed by atoms with E-state index in [1.54, 1.807) is 13.2 Å². The molecule has 1 unspecified atom stereocenters. The van der Waals surface area contributed by atoms with Gasteiger partial charge < -0.3 is 14.8 Å². The molecule has 1 atom stereocenters. The number of carbonyl (C=O) groups excluding carboxylic acids is 1. The highest BCUT2D eigenvalue weighted by Gasteiger charge is 2.08. The van der Waals surface area contributed by atoms with Gasteiger partial charge in [-0.15, -0.1) is 0 Å². The molecule has 1 N–H and O–H groups in total. The maximum Gasteiger partial charge on any atom is 0.258 e. The molecule has 1 aromatic rings. The Bertz CT molecular complexity index is 414. The van der Waals surface area contributed by atoms with Crippen LogP contribution in [0.1, 0.15) is 6.92 Å². The number of rotatable bonds is 6. The van der Waals surface area contributed by atoms with Crippen LogP contribution >= 0.6 is 15.9 Å². The first kappa shape index (κ1) is 14.9. The van der Waals surface area contributed by atoms with Gasteiger partial charge in [0.15, 0.2) is 6.61 Å². The summed E-state index contributed by atoms with van der Waals surface area (Å²) in [6.45, 7) is 2.09. The van der Waals surface area contributed by atoms with Crippen molar-refractivity contribution in [2.45, 2.75) is 13.0 Å². The van der Waals surface area contributed by atoms with Crippen molar-refractivity contribution in [1.82, 2.24) is 5.32 Å². The Balaban J connectivity index is 2.40. The molecule has 1 aromatic carbocycles. The lowest BCUT2D eigenvalue weighted by atomic mass is 10.3. The zero-order valence-corrected chi connectivity index (χ0v) is 11.8. The van der Waals surface area contributed by atoms with Gasteiger partial charge in [-0.1, -0.05) is 0 Å². The lowest BCUT2D eigenvalue weighted by molar-refractivity contribution is -0.124. The van der Waals surface area contributed by atoms with Gasteiger partial charge >= 0.3 is 0 Å². The molecule has 0 saturated carbocycles. The zero-order chi connectivity index (χ0) is 13.5. The fourth-order valence-electron chi connectivity index (χ4n) is 1.32. The predicted molar refractivity (Wildman–Crippen MR) is 69.1 cm³/mol. The van der Waals surface area contributed by atoms with Crippen molar-refractivity contribution in [2.75, 3.05) is 20.3 Å². The Kier molecular flexibility index (Phi) is 6.07. The molecule has 1 amide bonds. The number of halogens is 2. The van der Waals surface area contributed by atoms with Crippen LogP contribution in [0.5, 0.6) is 5.75 Å². The topological polar surface area (TPSA) is 47.6 Å². The van der Waals surface area contributed by atoms with E-state index in [0.717, 1.165) is 0 Å². The van der Waals surface area contributed by atoms with Gasteiger partial charge in [0.2, 0.25) is 0 Å². The summed E-state index contributed by atoms with van der Waals surface area (Å²) in [5.41, 5.74) is 0. The normalized spacial score (nSPS) is 12.0. The van der Waals surface area contributed by atoms with Crippen molar-refractivity contribution in [3.05, 3.63) is 28.5 Å². The van der Waals surface area contributed by atoms with E-state index in [0.29, 0.717) is 16.8 Å². The van der Waals surface area contributed by atoms with E-state index < -0.39 is 5.82 Å². The van der Waals surface area contributed by atoms with Crippen LogP contribution in [0.3, 0.4) is 0 Å². The monoisotopic (exact) mass is 319 g/mol. The summed E-state index contributed by atoms with van der Waals surface area (Å²) < 4.78 is 23.6. The number of carbonyl (C=O) groups is 1. The Morgan fingerprint density at radius 1 is 1.56 bits per heavy atom. The van der Waals surface area contributed by atoms with Crippen molar-refractivity contribution >= 4 is 21.8 Å². The van der Waals surface area contributed by atoms with Gasteiger partial charge in [-0.2, -0.15) is 0 Å². The molecule has 0 aliphatic rings. The van der Waals surface area contributed by atoms with Gasteiger partial charge in [0.1, 0.15) is 11.6 Å². The Labute approximate surface area is 114 Å². The quantitative estimate of drug-likeness (QED) is 0.873. The fourth-order valence-corrected chi connectivity index (χ4v) is 1.57. The van der Waals surface area contributed by atoms with E-state index in [1.165, 1.54) is 12.1 Å². The number of ether oxygens (including phenoxy) is 2. The van der Waals surface area contributed by atoms with Crippen LogP contribution in [0.4, 0.5) is 4.39 Å². The molecule has 0 aromatic heterocycles. The molecule has 0 aliphatic heterocycles. The minimum absolute atomic E-state index is 0.0900. The number of amides is 1. The summed E-state index contributed by atoms with van der Waals surface area (Å²) in [5, 5.41) is 2.69. The van der Waals surface area contributed by atoms with Crippen molar-refractivity contribution < 1.29 is 18.7 Å². The van der Waals surface area contributed by atoms with Gasteiger partial charge in [0.25, 0.3) is 5.91 Å². The molecule has 0 bridgehead atoms. The summed E-state index contributed by atoms with van der Waals surface area (Å²) in [4.78, 5) is 11.5. The first-order chi connectivity index (χ1) is 8.52. The van der Waals surface area contributed by atoms with Crippen LogP contribution in [0.2, 0.25) is 0 Å². The van der Waals surface area contributed by atoms with Crippen LogP contribution in [-0.4, -0.2) is 32.3 Å². The summed E-state index contributed by atoms with van der Waals surface area (Å²) in [7, 11) is 1.56. The highest BCUT2D eigenvalue weighted by molar-refractivity contribution is 9.10. The van der Waals surface area contributed by atoms with Crippen molar-refractivity contribution in [2.24, 2.45) is 0 Å². The van der Waals surface area contributed by atoms with Crippen LogP contribution in [-0.2, 0) is 9.53 Å². The molecular formula is C12H15BrFNO3. The molecule has 0 aliphatic carbocycles. The molecular weight excluding hydrogens is 305 g/mol. The summed E-state index contributed by atoms with van der Waals surface area (Å²) in [6.07, 6.45) is 0. The Hall–Kier alpha value is -1.14. The van der Waals surface area contributed by atoms with Crippen molar-refractivity contribution in [3.8, 4) is 5.75 Å². The number of hydrogen-bond donors (Lipinski definition) is 1. The van der Waals surface area contributed by atoms with Crippen LogP contribution in [0.25, 0.3) is 0 Å². The van der Waals surface area contributed by atoms with Crippen LogP contribution < -0.4 is 10.1 Å². The summed E-state index contributed by atoms with van der Waals surface area (Å²) in [5.74, 6) is -0.395. The van der Waals surface area contributed by atoms with E-state index in [-0.39, 0.29) is 18.6 Å². The molecule has 0 saturated heterocycles. The zero-order valence-electron chi connectivity index (χ0n) is 10.2. The molecule has 1 rings (SSSR count). The van der Waals surface area contributed by atoms with Gasteiger partial charge in [0, 0.05) is 19.2 Å². The maximum absolute atomic E-state index is 13.2. The largest absolute Gasteiger partial charge is 0.484 e. The maximum atomic E-state index is 13.2. The second-order valence-electron chi connectivity index (χ2n) is 3.79. The minimum atomic E-state index is -0.430. The second-order valence-corrected chi connectivity index (χ2v) is 4.64. The average Bonchev–Trinajstić information content (AvgIpc) is 2.31. The fraction of sp³-hybridized carbons (Fsp3) is 0.417. The molecule has 100 valence electrons. The summed E-state index contributed by atoms with van der Waals surface area (Å²) in [6, 6.07) is 4.23. The molecule has 0 fully saturated rings. The van der Waals surface area contributed by atoms with Crippen molar-refractivity contribution in [3.63, 3.8) is 0 Å². The van der Waals surface area contributed by atoms with E-state index in [1.807, 2.05) is 6.92 Å². The molecule has 0 radical (unpaired) electrons. The van der Waals surface area contributed by atoms with Gasteiger partial charge in [-0.05, 0) is 35.0 Å². The smallest absolute Gasteiger partial charge is 0.258 e. The highest BCUT2D eigenvalue weighted by Crippen LogP contribution is 2.20. The number of hydrogen-bond acceptors (Lipinski definition) is 3. The number of benzene rings is 1. The summed E-state index contributed by atoms with van der Waals surface area (Å²) >= 11 is 3.04. The third-order valence-electron chi connectivity index (χ3n) is 2.09. The SMILES string of the molecule is COCC(C)NC(=O)COc1ccc(Br)c(F)c1. The lowest BCUT2D eigenvalue weighted by Gasteiger charge is -2.13. The van der Waals surface area contributed by atoms with Gasteiger partial charge in [-0.3, -0.25) is 4.79 Å². The average molecular weight is 320 g/mol. The molecule has 18 heavy (non-hydrogen) atoms. The minimum Gasteiger partial charge on any atom is -0.484 e. The number of methoxy groups -OCH3 is 1. The third kappa shape index (κ3) is 5.01. The molecule has 0 heterocycles. The van der Waals surface area contributed by atoms with E-state index in [4.69, 9.17) is 9.47 Å². The highest BCUT2D eigenvalue weighted by atomic mass is 79.9. The lowest BCUT2D eigenvalue weighted by Crippen LogP contribution is -2.38. The Morgan fingerprint density at radius 3 is 2.89 bits per heavy atom. The van der Waals surface area contributed by atoms with Crippen LogP contribution in [0.15, 0.2) is 22.7 Å².